The molecule has 22 heteroatoms. The van der Waals surface area contributed by atoms with Gasteiger partial charge in [0, 0.05) is 41.9 Å². The third-order valence-corrected chi connectivity index (χ3v) is 9.14. The minimum Gasteiger partial charge on any atom is -0.423 e. The van der Waals surface area contributed by atoms with Crippen LogP contribution in [0.2, 0.25) is 20.1 Å². The molecule has 0 saturated heterocycles. The number of aromatic nitrogens is 2. The number of alkyl halides is 12. The molecular formula is C32H16BBrCl4F12N2O2. The lowest BCUT2D eigenvalue weighted by atomic mass is 9.77. The van der Waals surface area contributed by atoms with Gasteiger partial charge in [-0.3, -0.25) is 0 Å². The van der Waals surface area contributed by atoms with Gasteiger partial charge in [0.25, 0.3) is 0 Å². The van der Waals surface area contributed by atoms with Gasteiger partial charge < -0.3 is 20.0 Å². The number of halogens is 17. The highest BCUT2D eigenvalue weighted by molar-refractivity contribution is 9.10. The van der Waals surface area contributed by atoms with E-state index in [2.05, 4.69) is 25.9 Å². The molecule has 0 spiro atoms. The largest absolute Gasteiger partial charge is 0.489 e. The van der Waals surface area contributed by atoms with Crippen molar-refractivity contribution in [2.45, 2.75) is 24.7 Å². The van der Waals surface area contributed by atoms with Gasteiger partial charge in [-0.05, 0) is 87.6 Å². The maximum Gasteiger partial charge on any atom is 0.489 e. The molecule has 0 unspecified atom stereocenters. The van der Waals surface area contributed by atoms with Gasteiger partial charge in [0.05, 0.1) is 21.2 Å². The van der Waals surface area contributed by atoms with Gasteiger partial charge in [-0.2, -0.15) is 52.7 Å². The molecule has 2 heterocycles. The van der Waals surface area contributed by atoms with Crippen LogP contribution in [0.1, 0.15) is 22.5 Å². The zero-order chi connectivity index (χ0) is 40.7. The molecule has 0 atom stereocenters. The van der Waals surface area contributed by atoms with E-state index in [0.29, 0.717) is 26.5 Å². The SMILES string of the molecule is FC(F)(F)c1cc2cc(-c3ccc(Cl)cc3C(F)(F)F)c(Cl)cc2[nH]1.FC(F)(F)c1cc2cc(Br)c(Cl)cc2[nH]1.OB(O)c1ccc(Cl)cc1C(F)(F)F. The molecule has 2 aromatic heterocycles. The van der Waals surface area contributed by atoms with E-state index in [1.807, 2.05) is 0 Å². The van der Waals surface area contributed by atoms with E-state index in [0.717, 1.165) is 42.5 Å². The van der Waals surface area contributed by atoms with Crippen LogP contribution >= 0.6 is 62.3 Å². The monoisotopic (exact) mass is 918 g/mol. The van der Waals surface area contributed by atoms with Crippen LogP contribution in [-0.2, 0) is 24.7 Å². The fraction of sp³-hybridized carbons (Fsp3) is 0.125. The number of benzene rings is 4. The smallest absolute Gasteiger partial charge is 0.423 e. The Morgan fingerprint density at radius 1 is 0.500 bits per heavy atom. The highest BCUT2D eigenvalue weighted by atomic mass is 79.9. The van der Waals surface area contributed by atoms with Crippen molar-refractivity contribution in [1.29, 1.82) is 0 Å². The summed E-state index contributed by atoms with van der Waals surface area (Å²) < 4.78 is 153. The fourth-order valence-electron chi connectivity index (χ4n) is 4.78. The van der Waals surface area contributed by atoms with E-state index in [1.165, 1.54) is 18.2 Å². The molecule has 4 N–H and O–H groups in total. The molecule has 54 heavy (non-hydrogen) atoms. The average molecular weight is 921 g/mol. The van der Waals surface area contributed by atoms with Gasteiger partial charge in [0.2, 0.25) is 0 Å². The molecule has 6 aromatic rings. The Kier molecular flexibility index (Phi) is 12.9. The second kappa shape index (κ2) is 16.1. The Balaban J connectivity index is 0.000000193. The molecule has 0 amide bonds. The van der Waals surface area contributed by atoms with Crippen molar-refractivity contribution in [1.82, 2.24) is 9.97 Å². The van der Waals surface area contributed by atoms with Gasteiger partial charge in [0.15, 0.2) is 0 Å². The summed E-state index contributed by atoms with van der Waals surface area (Å²) in [5, 5.41) is 17.9. The van der Waals surface area contributed by atoms with Crippen LogP contribution < -0.4 is 5.46 Å². The van der Waals surface area contributed by atoms with Crippen molar-refractivity contribution in [3.63, 3.8) is 0 Å². The molecule has 4 aromatic carbocycles. The summed E-state index contributed by atoms with van der Waals surface area (Å²) in [4.78, 5) is 4.43. The van der Waals surface area contributed by atoms with Gasteiger partial charge in [0.1, 0.15) is 11.4 Å². The molecule has 288 valence electrons. The summed E-state index contributed by atoms with van der Waals surface area (Å²) in [6.07, 6.45) is -18.3. The van der Waals surface area contributed by atoms with Gasteiger partial charge in [-0.25, -0.2) is 0 Å². The van der Waals surface area contributed by atoms with E-state index in [9.17, 15) is 52.7 Å². The predicted octanol–water partition coefficient (Wildman–Crippen LogP) is 12.8. The van der Waals surface area contributed by atoms with Crippen LogP contribution in [0.3, 0.4) is 0 Å². The third kappa shape index (κ3) is 10.5. The molecule has 0 radical (unpaired) electrons. The number of H-pyrrole nitrogens is 2. The average Bonchev–Trinajstić information content (AvgIpc) is 3.65. The zero-order valence-electron chi connectivity index (χ0n) is 25.8. The first-order valence-corrected chi connectivity index (χ1v) is 16.5. The third-order valence-electron chi connectivity index (χ3n) is 7.16. The minimum absolute atomic E-state index is 0.0362. The van der Waals surface area contributed by atoms with Crippen molar-refractivity contribution in [3.05, 3.63) is 120 Å². The van der Waals surface area contributed by atoms with E-state index in [4.69, 9.17) is 56.5 Å². The molecule has 0 saturated carbocycles. The first-order valence-electron chi connectivity index (χ1n) is 14.2. The second-order valence-electron chi connectivity index (χ2n) is 10.9. The number of aromatic amines is 2. The Labute approximate surface area is 323 Å². The predicted molar refractivity (Wildman–Crippen MR) is 186 cm³/mol. The normalized spacial score (nSPS) is 12.4. The van der Waals surface area contributed by atoms with Crippen LogP contribution in [0.4, 0.5) is 52.7 Å². The topological polar surface area (TPSA) is 72.0 Å². The maximum absolute atomic E-state index is 13.3. The Hall–Kier alpha value is -3.26. The summed E-state index contributed by atoms with van der Waals surface area (Å²) in [6, 6.07) is 13.1. The van der Waals surface area contributed by atoms with E-state index >= 15 is 0 Å². The standard InChI is InChI=1S/C16H7Cl2F6N.C9H4BrClF3N.C7H5BClF3O2/c17-8-1-2-9(11(5-8)15(19,20)21)10-3-7-4-14(16(22,23)24)25-13(7)6-12(10)18;10-5-1-4-2-8(9(12,13)14)15-7(4)3-6(5)11;9-4-1-2-6(8(13)14)5(3-4)7(10,11)12/h1-6,25H;1-3,15H;1-3,13-14H. The minimum atomic E-state index is -4.70. The van der Waals surface area contributed by atoms with Crippen molar-refractivity contribution < 1.29 is 62.7 Å². The lowest BCUT2D eigenvalue weighted by molar-refractivity contribution is -0.141. The van der Waals surface area contributed by atoms with E-state index in [1.54, 1.807) is 6.07 Å². The van der Waals surface area contributed by atoms with Crippen LogP contribution in [-0.4, -0.2) is 27.1 Å². The van der Waals surface area contributed by atoms with Crippen molar-refractivity contribution in [2.75, 3.05) is 0 Å². The molecule has 0 aliphatic rings. The lowest BCUT2D eigenvalue weighted by Gasteiger charge is -2.14. The quantitative estimate of drug-likeness (QED) is 0.103. The van der Waals surface area contributed by atoms with Crippen LogP contribution in [0.15, 0.2) is 77.3 Å². The lowest BCUT2D eigenvalue weighted by Crippen LogP contribution is -2.35. The van der Waals surface area contributed by atoms with Crippen molar-refractivity contribution in [3.8, 4) is 11.1 Å². The van der Waals surface area contributed by atoms with Crippen molar-refractivity contribution >= 4 is 96.7 Å². The Bertz CT molecular complexity index is 2260. The molecule has 0 bridgehead atoms. The first-order chi connectivity index (χ1) is 24.7. The fourth-order valence-corrected chi connectivity index (χ4v) is 5.91. The molecular weight excluding hydrogens is 905 g/mol. The van der Waals surface area contributed by atoms with Crippen LogP contribution in [0, 0.1) is 0 Å². The van der Waals surface area contributed by atoms with Crippen molar-refractivity contribution in [2.24, 2.45) is 0 Å². The second-order valence-corrected chi connectivity index (χ2v) is 13.5. The summed E-state index contributed by atoms with van der Waals surface area (Å²) in [5.41, 5.74) is -4.41. The molecule has 0 aliphatic carbocycles. The van der Waals surface area contributed by atoms with Gasteiger partial charge in [-0.1, -0.05) is 58.5 Å². The zero-order valence-corrected chi connectivity index (χ0v) is 30.4. The summed E-state index contributed by atoms with van der Waals surface area (Å²) in [7, 11) is -2.16. The highest BCUT2D eigenvalue weighted by Crippen LogP contribution is 2.43. The number of rotatable bonds is 2. The Morgan fingerprint density at radius 3 is 1.41 bits per heavy atom. The number of hydrogen-bond acceptors (Lipinski definition) is 2. The van der Waals surface area contributed by atoms with Crippen LogP contribution in [0.5, 0.6) is 0 Å². The van der Waals surface area contributed by atoms with E-state index < -0.39 is 59.8 Å². The van der Waals surface area contributed by atoms with Gasteiger partial charge >= 0.3 is 31.8 Å². The summed E-state index contributed by atoms with van der Waals surface area (Å²) in [6.45, 7) is 0. The Morgan fingerprint density at radius 2 is 0.944 bits per heavy atom. The molecule has 0 aliphatic heterocycles. The van der Waals surface area contributed by atoms with Gasteiger partial charge in [-0.15, -0.1) is 0 Å². The van der Waals surface area contributed by atoms with Crippen LogP contribution in [0.25, 0.3) is 32.9 Å². The molecule has 6 rings (SSSR count). The summed E-state index contributed by atoms with van der Waals surface area (Å²) >= 11 is 25.9. The number of fused-ring (bicyclic) bond motifs is 2. The first kappa shape index (κ1) is 43.5. The van der Waals surface area contributed by atoms with E-state index in [-0.39, 0.29) is 37.1 Å². The molecule has 4 nitrogen and oxygen atoms in total. The number of hydrogen-bond donors (Lipinski definition) is 4. The summed E-state index contributed by atoms with van der Waals surface area (Å²) in [5.74, 6) is 0. The number of nitrogens with one attached hydrogen (secondary N) is 2. The highest BCUT2D eigenvalue weighted by Gasteiger charge is 2.37. The maximum atomic E-state index is 13.3. The molecule has 0 fully saturated rings.